The summed E-state index contributed by atoms with van der Waals surface area (Å²) in [5.74, 6) is 0.265. The predicted octanol–water partition coefficient (Wildman–Crippen LogP) is 2.67. The predicted molar refractivity (Wildman–Crippen MR) is 77.7 cm³/mol. The normalized spacial score (nSPS) is 10.3. The van der Waals surface area contributed by atoms with E-state index in [0.29, 0.717) is 23.7 Å². The van der Waals surface area contributed by atoms with Gasteiger partial charge in [0, 0.05) is 24.8 Å². The zero-order valence-corrected chi connectivity index (χ0v) is 12.5. The third-order valence-electron chi connectivity index (χ3n) is 3.41. The van der Waals surface area contributed by atoms with Crippen molar-refractivity contribution in [3.63, 3.8) is 0 Å². The second-order valence-corrected chi connectivity index (χ2v) is 4.79. The van der Waals surface area contributed by atoms with E-state index in [1.54, 1.807) is 31.8 Å². The van der Waals surface area contributed by atoms with Gasteiger partial charge in [0.1, 0.15) is 5.82 Å². The lowest BCUT2D eigenvalue weighted by atomic mass is 10.1. The van der Waals surface area contributed by atoms with Crippen LogP contribution >= 0.6 is 0 Å². The van der Waals surface area contributed by atoms with Crippen molar-refractivity contribution >= 4 is 5.69 Å². The molecule has 0 unspecified atom stereocenters. The monoisotopic (exact) mass is 288 g/mol. The molecule has 1 aromatic heterocycles. The fourth-order valence-corrected chi connectivity index (χ4v) is 2.25. The van der Waals surface area contributed by atoms with Crippen LogP contribution < -0.4 is 10.1 Å². The summed E-state index contributed by atoms with van der Waals surface area (Å²) in [4.78, 5) is 0. The first-order valence-electron chi connectivity index (χ1n) is 6.48. The molecule has 1 heterocycles. The number of aryl methyl sites for hydroxylation is 2. The Bertz CT molecular complexity index is 715. The Hall–Kier alpha value is -2.55. The molecule has 0 spiro atoms. The maximum absolute atomic E-state index is 13.7. The molecular formula is C15H17FN4O. The lowest BCUT2D eigenvalue weighted by Gasteiger charge is -2.11. The molecule has 0 bridgehead atoms. The minimum absolute atomic E-state index is 0.287. The molecule has 0 atom stereocenters. The lowest BCUT2D eigenvalue weighted by molar-refractivity contribution is 0.370. The van der Waals surface area contributed by atoms with E-state index < -0.39 is 5.82 Å². The number of halogens is 1. The highest BCUT2D eigenvalue weighted by molar-refractivity contribution is 5.56. The third kappa shape index (κ3) is 2.82. The number of nitrogens with zero attached hydrogens (tertiary/aromatic N) is 3. The number of benzene rings is 1. The maximum Gasteiger partial charge on any atom is 0.216 e. The number of nitriles is 1. The summed E-state index contributed by atoms with van der Waals surface area (Å²) >= 11 is 0. The van der Waals surface area contributed by atoms with E-state index in [2.05, 4.69) is 10.4 Å². The van der Waals surface area contributed by atoms with Crippen LogP contribution in [-0.4, -0.2) is 16.9 Å². The van der Waals surface area contributed by atoms with Crippen LogP contribution in [0.5, 0.6) is 5.88 Å². The summed E-state index contributed by atoms with van der Waals surface area (Å²) in [6.45, 7) is 4.00. The molecule has 0 fully saturated rings. The largest absolute Gasteiger partial charge is 0.481 e. The number of nitrogens with one attached hydrogen (secondary N) is 1. The average Bonchev–Trinajstić information content (AvgIpc) is 2.73. The van der Waals surface area contributed by atoms with Gasteiger partial charge in [-0.15, -0.1) is 0 Å². The Balaban J connectivity index is 2.29. The van der Waals surface area contributed by atoms with Gasteiger partial charge in [-0.25, -0.2) is 9.07 Å². The molecule has 2 aromatic rings. The first kappa shape index (κ1) is 14.9. The quantitative estimate of drug-likeness (QED) is 0.939. The minimum atomic E-state index is -0.397. The maximum atomic E-state index is 13.7. The highest BCUT2D eigenvalue weighted by Gasteiger charge is 2.14. The zero-order chi connectivity index (χ0) is 15.6. The van der Waals surface area contributed by atoms with Gasteiger partial charge in [-0.2, -0.15) is 10.4 Å². The van der Waals surface area contributed by atoms with Crippen LogP contribution in [0.25, 0.3) is 0 Å². The topological polar surface area (TPSA) is 62.9 Å². The molecule has 2 rings (SSSR count). The van der Waals surface area contributed by atoms with Crippen molar-refractivity contribution in [1.29, 1.82) is 5.26 Å². The lowest BCUT2D eigenvalue weighted by Crippen LogP contribution is -2.05. The van der Waals surface area contributed by atoms with E-state index in [9.17, 15) is 4.39 Å². The summed E-state index contributed by atoms with van der Waals surface area (Å²) < 4.78 is 20.7. The van der Waals surface area contributed by atoms with Gasteiger partial charge in [-0.1, -0.05) is 0 Å². The molecule has 110 valence electrons. The standard InChI is InChI=1S/C15H17FN4O/c1-9-13(16)5-11(7-17)6-14(9)18-8-12-10(2)19-20(3)15(12)21-4/h5-6,18H,8H2,1-4H3. The van der Waals surface area contributed by atoms with Crippen molar-refractivity contribution in [1.82, 2.24) is 9.78 Å². The number of aromatic nitrogens is 2. The van der Waals surface area contributed by atoms with Gasteiger partial charge < -0.3 is 10.1 Å². The van der Waals surface area contributed by atoms with Gasteiger partial charge >= 0.3 is 0 Å². The molecule has 0 aliphatic heterocycles. The Morgan fingerprint density at radius 3 is 2.76 bits per heavy atom. The number of hydrogen-bond donors (Lipinski definition) is 1. The summed E-state index contributed by atoms with van der Waals surface area (Å²) in [5, 5.41) is 16.4. The van der Waals surface area contributed by atoms with Gasteiger partial charge in [0.15, 0.2) is 0 Å². The molecular weight excluding hydrogens is 271 g/mol. The summed E-state index contributed by atoms with van der Waals surface area (Å²) in [5.41, 5.74) is 3.11. The molecule has 1 aromatic carbocycles. The van der Waals surface area contributed by atoms with E-state index in [1.165, 1.54) is 6.07 Å². The minimum Gasteiger partial charge on any atom is -0.481 e. The van der Waals surface area contributed by atoms with E-state index >= 15 is 0 Å². The third-order valence-corrected chi connectivity index (χ3v) is 3.41. The summed E-state index contributed by atoms with van der Waals surface area (Å²) in [6, 6.07) is 4.82. The van der Waals surface area contributed by atoms with Crippen molar-refractivity contribution in [2.45, 2.75) is 20.4 Å². The molecule has 0 amide bonds. The van der Waals surface area contributed by atoms with Crippen LogP contribution in [0, 0.1) is 31.0 Å². The van der Waals surface area contributed by atoms with E-state index in [4.69, 9.17) is 10.00 Å². The molecule has 0 aliphatic carbocycles. The number of rotatable bonds is 4. The van der Waals surface area contributed by atoms with Gasteiger partial charge in [-0.3, -0.25) is 0 Å². The smallest absolute Gasteiger partial charge is 0.216 e. The molecule has 0 radical (unpaired) electrons. The van der Waals surface area contributed by atoms with Crippen LogP contribution in [0.15, 0.2) is 12.1 Å². The second-order valence-electron chi connectivity index (χ2n) is 4.79. The number of hydrogen-bond acceptors (Lipinski definition) is 4. The first-order valence-corrected chi connectivity index (χ1v) is 6.48. The highest BCUT2D eigenvalue weighted by Crippen LogP contribution is 2.25. The van der Waals surface area contributed by atoms with Crippen molar-refractivity contribution in [3.05, 3.63) is 40.3 Å². The number of ether oxygens (including phenoxy) is 1. The fourth-order valence-electron chi connectivity index (χ4n) is 2.25. The van der Waals surface area contributed by atoms with Gasteiger partial charge in [0.2, 0.25) is 5.88 Å². The van der Waals surface area contributed by atoms with Crippen molar-refractivity contribution in [3.8, 4) is 11.9 Å². The molecule has 21 heavy (non-hydrogen) atoms. The van der Waals surface area contributed by atoms with Crippen LogP contribution in [0.3, 0.4) is 0 Å². The van der Waals surface area contributed by atoms with Crippen LogP contribution in [0.4, 0.5) is 10.1 Å². The van der Waals surface area contributed by atoms with E-state index in [1.807, 2.05) is 13.0 Å². The Morgan fingerprint density at radius 2 is 2.14 bits per heavy atom. The number of anilines is 1. The first-order chi connectivity index (χ1) is 9.97. The van der Waals surface area contributed by atoms with Gasteiger partial charge in [-0.05, 0) is 26.0 Å². The molecule has 6 heteroatoms. The Morgan fingerprint density at radius 1 is 1.43 bits per heavy atom. The van der Waals surface area contributed by atoms with Crippen molar-refractivity contribution < 1.29 is 9.13 Å². The fraction of sp³-hybridized carbons (Fsp3) is 0.333. The Labute approximate surface area is 123 Å². The van der Waals surface area contributed by atoms with Crippen LogP contribution in [0.2, 0.25) is 0 Å². The van der Waals surface area contributed by atoms with Gasteiger partial charge in [0.05, 0.1) is 30.0 Å². The van der Waals surface area contributed by atoms with E-state index in [0.717, 1.165) is 11.3 Å². The van der Waals surface area contributed by atoms with Crippen molar-refractivity contribution in [2.24, 2.45) is 7.05 Å². The van der Waals surface area contributed by atoms with Crippen molar-refractivity contribution in [2.75, 3.05) is 12.4 Å². The number of methoxy groups -OCH3 is 1. The van der Waals surface area contributed by atoms with Crippen LogP contribution in [-0.2, 0) is 13.6 Å². The molecule has 0 aliphatic rings. The van der Waals surface area contributed by atoms with Gasteiger partial charge in [0.25, 0.3) is 0 Å². The van der Waals surface area contributed by atoms with E-state index in [-0.39, 0.29) is 5.56 Å². The Kier molecular flexibility index (Phi) is 4.13. The highest BCUT2D eigenvalue weighted by atomic mass is 19.1. The zero-order valence-electron chi connectivity index (χ0n) is 12.5. The molecule has 0 saturated heterocycles. The second kappa shape index (κ2) is 5.83. The molecule has 1 N–H and O–H groups in total. The SMILES string of the molecule is COc1c(CNc2cc(C#N)cc(F)c2C)c(C)nn1C. The summed E-state index contributed by atoms with van der Waals surface area (Å²) in [6.07, 6.45) is 0. The molecule has 0 saturated carbocycles. The molecule has 5 nitrogen and oxygen atoms in total. The average molecular weight is 288 g/mol. The van der Waals surface area contributed by atoms with Crippen LogP contribution in [0.1, 0.15) is 22.4 Å². The summed E-state index contributed by atoms with van der Waals surface area (Å²) in [7, 11) is 3.39.